The van der Waals surface area contributed by atoms with E-state index in [1.54, 1.807) is 24.3 Å². The molecule has 0 bridgehead atoms. The summed E-state index contributed by atoms with van der Waals surface area (Å²) in [6.07, 6.45) is 5.29. The second-order valence-corrected chi connectivity index (χ2v) is 37.3. The monoisotopic (exact) mass is 2460 g/mol. The Hall–Kier alpha value is -7.71. The number of anilines is 10. The van der Waals surface area contributed by atoms with Crippen LogP contribution in [-0.4, -0.2) is 158 Å². The van der Waals surface area contributed by atoms with Crippen molar-refractivity contribution in [1.82, 2.24) is 36.4 Å². The van der Waals surface area contributed by atoms with Crippen molar-refractivity contribution < 1.29 is 83.9 Å². The highest BCUT2D eigenvalue weighted by Crippen LogP contribution is 2.37. The number of piperidine rings is 1. The van der Waals surface area contributed by atoms with Gasteiger partial charge in [-0.2, -0.15) is 0 Å². The average molecular weight is 2470 g/mol. The Bertz CT molecular complexity index is 5580. The summed E-state index contributed by atoms with van der Waals surface area (Å²) in [7, 11) is 0. The summed E-state index contributed by atoms with van der Waals surface area (Å²) >= 11 is 16.9. The Balaban J connectivity index is 0.000000198. The summed E-state index contributed by atoms with van der Waals surface area (Å²) in [4.78, 5) is 66.6. The molecule has 0 aliphatic carbocycles. The summed E-state index contributed by atoms with van der Waals surface area (Å²) in [6, 6.07) is 38.5. The van der Waals surface area contributed by atoms with Gasteiger partial charge >= 0.3 is 0 Å². The number of aryl methyl sites for hydroxylation is 5. The molecule has 1 unspecified atom stereocenters. The van der Waals surface area contributed by atoms with Gasteiger partial charge in [-0.25, -0.2) is 39.5 Å². The largest absolute Gasteiger partial charge is 0.396 e. The summed E-state index contributed by atoms with van der Waals surface area (Å²) in [6.45, 7) is 15.3. The zero-order valence-electron chi connectivity index (χ0n) is 69.8. The molecule has 2 aliphatic heterocycles. The van der Waals surface area contributed by atoms with E-state index in [4.69, 9.17) is 15.3 Å². The third-order valence-corrected chi connectivity index (χ3v) is 24.3. The molecule has 2 heterocycles. The molecule has 10 aromatic carbocycles. The number of hydrogen-bond donors (Lipinski definition) is 14. The van der Waals surface area contributed by atoms with Crippen molar-refractivity contribution in [3.8, 4) is 0 Å². The number of carbonyl (C=O) groups is 5. The van der Waals surface area contributed by atoms with Gasteiger partial charge in [0.2, 0.25) is 0 Å². The standard InChI is InChI=1S/C21H23BrF2IN3O.C20H21BrF2IN3O.C17H17F2IN2O2.C17H18FIN2O3.C16H15F2IN2O2/c1-13-11-14(25)5-6-17(13)27-20-15(12-16(22)18(23)19(20)24)21(29)26-7-10-28-8-3-2-4-9-28;1-12-10-13(24)4-5-16(12)26-19-14(11-15(21)17(22)18(19)23)20(28)25-6-9-27-7-2-3-8-27;1-10-9-11(20)3-6-14(10)22-16-12(4-5-13(18)15(16)19)17(24)21-7-2-8-23;1-10-6-12(19)3-5-15(10)21-16-7-11(18)2-4-14(16)17(24)20-8-13(23)9-22;1-9-8-10(19)2-5-13(9)21-15-11(16(23)20-6-7-22)3-4-12(17)14(15)18/h5-6,11-12,27H,2-4,7-10H2,1H3,(H,26,29);4-5,10-11,26H,2-3,6-9H2,1H3,(H,25,28);3-6,9,22-23H,2,7-8H2,1H3,(H,21,24);2-7,13,21-23H,8-9H2,1H3,(H,20,24);2-5,8,21-22H,6-7H2,1H3,(H,20,23). The van der Waals surface area contributed by atoms with Gasteiger partial charge in [-0.05, 0) is 411 Å². The number of nitrogens with one attached hydrogen (secondary N) is 10. The van der Waals surface area contributed by atoms with E-state index in [0.29, 0.717) is 47.9 Å². The molecule has 12 rings (SSSR count). The number of aliphatic hydroxyl groups is 4. The minimum Gasteiger partial charge on any atom is -0.396 e. The lowest BCUT2D eigenvalue weighted by Crippen LogP contribution is -2.37. The molecule has 0 spiro atoms. The van der Waals surface area contributed by atoms with Crippen LogP contribution in [0.3, 0.4) is 0 Å². The molecule has 0 radical (unpaired) electrons. The van der Waals surface area contributed by atoms with Gasteiger partial charge in [-0.15, -0.1) is 0 Å². The maximum Gasteiger partial charge on any atom is 0.253 e. The van der Waals surface area contributed by atoms with Crippen LogP contribution in [0.5, 0.6) is 0 Å². The van der Waals surface area contributed by atoms with Crippen molar-refractivity contribution in [1.29, 1.82) is 0 Å². The molecule has 0 saturated carbocycles. The molecule has 21 nitrogen and oxygen atoms in total. The van der Waals surface area contributed by atoms with Crippen molar-refractivity contribution in [3.05, 3.63) is 280 Å². The molecular formula is C91H94Br2F9I5N12O9. The van der Waals surface area contributed by atoms with Crippen LogP contribution in [0.25, 0.3) is 0 Å². The van der Waals surface area contributed by atoms with Gasteiger partial charge in [0.25, 0.3) is 29.5 Å². The molecule has 2 saturated heterocycles. The van der Waals surface area contributed by atoms with Gasteiger partial charge in [0, 0.05) is 98.7 Å². The second-order valence-electron chi connectivity index (χ2n) is 29.3. The molecule has 2 fully saturated rings. The minimum atomic E-state index is -1.13. The molecule has 2 aliphatic rings. The van der Waals surface area contributed by atoms with Crippen LogP contribution < -0.4 is 53.2 Å². The summed E-state index contributed by atoms with van der Waals surface area (Å²) < 4.78 is 132. The normalized spacial score (nSPS) is 12.5. The van der Waals surface area contributed by atoms with E-state index in [0.717, 1.165) is 103 Å². The molecule has 5 amide bonds. The number of aliphatic hydroxyl groups excluding tert-OH is 4. The number of benzene rings is 10. The van der Waals surface area contributed by atoms with Crippen LogP contribution in [-0.2, 0) is 0 Å². The average Bonchev–Trinajstić information content (AvgIpc) is 0.825. The van der Waals surface area contributed by atoms with Crippen LogP contribution >= 0.6 is 145 Å². The summed E-state index contributed by atoms with van der Waals surface area (Å²) in [5.41, 5.74) is 7.47. The molecule has 37 heteroatoms. The Labute approximate surface area is 821 Å². The van der Waals surface area contributed by atoms with Gasteiger partial charge in [0.05, 0.1) is 84.5 Å². The second kappa shape index (κ2) is 52.5. The fourth-order valence-corrected chi connectivity index (χ4v) is 16.9. The van der Waals surface area contributed by atoms with E-state index in [2.05, 4.69) is 208 Å². The predicted molar refractivity (Wildman–Crippen MR) is 533 cm³/mol. The third-order valence-electron chi connectivity index (χ3n) is 19.8. The molecule has 0 aromatic heterocycles. The molecule has 14 N–H and O–H groups in total. The van der Waals surface area contributed by atoms with E-state index in [1.807, 2.05) is 101 Å². The van der Waals surface area contributed by atoms with Crippen molar-refractivity contribution >= 4 is 231 Å². The number of likely N-dealkylation sites (tertiary alicyclic amines) is 2. The maximum atomic E-state index is 14.7. The Morgan fingerprint density at radius 1 is 0.352 bits per heavy atom. The van der Waals surface area contributed by atoms with Gasteiger partial charge in [0.15, 0.2) is 46.5 Å². The van der Waals surface area contributed by atoms with Crippen LogP contribution in [0.1, 0.15) is 118 Å². The third kappa shape index (κ3) is 31.5. The lowest BCUT2D eigenvalue weighted by atomic mass is 10.1. The van der Waals surface area contributed by atoms with Crippen molar-refractivity contribution in [3.63, 3.8) is 0 Å². The maximum absolute atomic E-state index is 14.7. The molecule has 10 aromatic rings. The number of carbonyl (C=O) groups excluding carboxylic acids is 5. The Morgan fingerprint density at radius 2 is 0.672 bits per heavy atom. The van der Waals surface area contributed by atoms with E-state index in [9.17, 15) is 68.6 Å². The highest BCUT2D eigenvalue weighted by atomic mass is 127. The van der Waals surface area contributed by atoms with E-state index in [-0.39, 0.29) is 92.4 Å². The minimum absolute atomic E-state index is 0.00443. The van der Waals surface area contributed by atoms with Crippen LogP contribution in [0, 0.1) is 105 Å². The van der Waals surface area contributed by atoms with Crippen molar-refractivity contribution in [2.24, 2.45) is 0 Å². The van der Waals surface area contributed by atoms with Crippen molar-refractivity contribution in [2.45, 2.75) is 79.2 Å². The lowest BCUT2D eigenvalue weighted by Gasteiger charge is -2.26. The van der Waals surface area contributed by atoms with Gasteiger partial charge in [-0.1, -0.05) is 6.42 Å². The van der Waals surface area contributed by atoms with E-state index >= 15 is 0 Å². The molecular weight excluding hydrogens is 2370 g/mol. The summed E-state index contributed by atoms with van der Waals surface area (Å²) in [5.74, 6) is -11.5. The van der Waals surface area contributed by atoms with Crippen LogP contribution in [0.2, 0.25) is 0 Å². The predicted octanol–water partition coefficient (Wildman–Crippen LogP) is 20.5. The highest BCUT2D eigenvalue weighted by molar-refractivity contribution is 14.1. The van der Waals surface area contributed by atoms with E-state index < -0.39 is 94.6 Å². The van der Waals surface area contributed by atoms with Crippen LogP contribution in [0.4, 0.5) is 96.4 Å². The first-order chi connectivity index (χ1) is 61.0. The first-order valence-corrected chi connectivity index (χ1v) is 47.1. The Kier molecular flexibility index (Phi) is 43.3. The smallest absolute Gasteiger partial charge is 0.253 e. The first-order valence-electron chi connectivity index (χ1n) is 40.1. The lowest BCUT2D eigenvalue weighted by molar-refractivity contribution is 0.0802. The molecule has 128 heavy (non-hydrogen) atoms. The fourth-order valence-electron chi connectivity index (χ4n) is 12.9. The highest BCUT2D eigenvalue weighted by Gasteiger charge is 2.28. The zero-order valence-corrected chi connectivity index (χ0v) is 83.8. The number of hydrogen-bond acceptors (Lipinski definition) is 16. The SMILES string of the molecule is Cc1cc(I)ccc1Nc1c(C(=O)NCCCO)ccc(F)c1F.Cc1cc(I)ccc1Nc1c(C(=O)NCCN2CCCC2)cc(Br)c(F)c1F.Cc1cc(I)ccc1Nc1c(C(=O)NCCN2CCCCC2)cc(Br)c(F)c1F.Cc1cc(I)ccc1Nc1c(C(=O)NCCO)ccc(F)c1F.Cc1cc(I)ccc1Nc1cc(F)ccc1C(=O)NCC(O)CO. The topological polar surface area (TPSA) is 293 Å². The van der Waals surface area contributed by atoms with Gasteiger partial charge in [-0.3, -0.25) is 24.0 Å². The first kappa shape index (κ1) is 106. The number of amides is 5. The fraction of sp³-hybridized carbons (Fsp3) is 0.286. The van der Waals surface area contributed by atoms with Gasteiger partial charge in [0.1, 0.15) is 5.82 Å². The van der Waals surface area contributed by atoms with Crippen LogP contribution in [0.15, 0.2) is 155 Å². The number of nitrogens with zero attached hydrogens (tertiary/aromatic N) is 2. The van der Waals surface area contributed by atoms with Crippen molar-refractivity contribution in [2.75, 3.05) is 118 Å². The number of rotatable bonds is 29. The van der Waals surface area contributed by atoms with Gasteiger partial charge < -0.3 is 83.4 Å². The molecule has 1 atom stereocenters. The van der Waals surface area contributed by atoms with E-state index in [1.165, 1.54) is 74.6 Å². The quantitative estimate of drug-likeness (QED) is 0.00897. The Morgan fingerprint density at radius 3 is 1.02 bits per heavy atom. The summed E-state index contributed by atoms with van der Waals surface area (Å²) in [5, 5.41) is 63.3. The molecule has 684 valence electrons. The zero-order chi connectivity index (χ0) is 93.6. The number of halogens is 16.